The first-order valence-corrected chi connectivity index (χ1v) is 7.06. The Morgan fingerprint density at radius 2 is 2.50 bits per heavy atom. The van der Waals surface area contributed by atoms with Crippen molar-refractivity contribution in [3.63, 3.8) is 0 Å². The van der Waals surface area contributed by atoms with Crippen molar-refractivity contribution in [2.75, 3.05) is 32.0 Å². The average molecular weight is 279 g/mol. The third-order valence-electron chi connectivity index (χ3n) is 4.18. The molecule has 2 saturated heterocycles. The number of nitrogens with two attached hydrogens (primary N) is 1. The molecule has 7 heteroatoms. The molecule has 7 nitrogen and oxygen atoms in total. The van der Waals surface area contributed by atoms with Crippen LogP contribution in [0, 0.1) is 0 Å². The Bertz CT molecular complexity index is 501. The van der Waals surface area contributed by atoms with E-state index in [-0.39, 0.29) is 12.0 Å². The number of nitrogens with zero attached hydrogens (tertiary/aromatic N) is 3. The number of fused-ring (bicyclic) bond motifs is 1. The smallest absolute Gasteiger partial charge is 0.256 e. The molecule has 0 saturated carbocycles. The second-order valence-electron chi connectivity index (χ2n) is 5.52. The minimum Gasteiger partial charge on any atom is -0.383 e. The first-order chi connectivity index (χ1) is 9.65. The Hall–Kier alpha value is -1.60. The van der Waals surface area contributed by atoms with Gasteiger partial charge in [-0.1, -0.05) is 0 Å². The average Bonchev–Trinajstić information content (AvgIpc) is 3.03. The van der Waals surface area contributed by atoms with Crippen LogP contribution in [0.25, 0.3) is 0 Å². The summed E-state index contributed by atoms with van der Waals surface area (Å²) in [5.41, 5.74) is 6.20. The first-order valence-electron chi connectivity index (χ1n) is 7.06. The molecule has 0 radical (unpaired) electrons. The van der Waals surface area contributed by atoms with Gasteiger partial charge in [0, 0.05) is 26.2 Å². The Balaban J connectivity index is 1.52. The minimum absolute atomic E-state index is 0.0613. The normalized spacial score (nSPS) is 26.4. The van der Waals surface area contributed by atoms with Crippen molar-refractivity contribution >= 4 is 11.7 Å². The van der Waals surface area contributed by atoms with Crippen molar-refractivity contribution < 1.29 is 9.53 Å². The number of carbonyl (C=O) groups is 1. The Labute approximate surface area is 118 Å². The molecule has 3 N–H and O–H groups in total. The summed E-state index contributed by atoms with van der Waals surface area (Å²) in [7, 11) is 1.71. The summed E-state index contributed by atoms with van der Waals surface area (Å²) in [6, 6.07) is 0.580. The van der Waals surface area contributed by atoms with E-state index in [0.29, 0.717) is 24.0 Å². The van der Waals surface area contributed by atoms with E-state index in [9.17, 15) is 4.79 Å². The van der Waals surface area contributed by atoms with E-state index < -0.39 is 0 Å². The van der Waals surface area contributed by atoms with Crippen LogP contribution in [-0.4, -0.2) is 59.0 Å². The molecular formula is C13H21N5O2. The van der Waals surface area contributed by atoms with Crippen LogP contribution in [0.3, 0.4) is 0 Å². The zero-order valence-electron chi connectivity index (χ0n) is 11.7. The zero-order chi connectivity index (χ0) is 14.1. The topological polar surface area (TPSA) is 85.4 Å². The largest absolute Gasteiger partial charge is 0.383 e. The summed E-state index contributed by atoms with van der Waals surface area (Å²) in [4.78, 5) is 14.5. The fourth-order valence-corrected chi connectivity index (χ4v) is 2.93. The number of hydrogen-bond donors (Lipinski definition) is 2. The Morgan fingerprint density at radius 1 is 1.65 bits per heavy atom. The van der Waals surface area contributed by atoms with Crippen LogP contribution in [0.4, 0.5) is 5.82 Å². The second kappa shape index (κ2) is 5.41. The standard InChI is InChI=1S/C13H21N5O2/c1-17-12(14)11(6-16-17)13(19)15-5-10-7-18-4-2-3-9(18)8-20-10/h6,9-10H,2-5,7-8,14H2,1H3,(H,15,19). The predicted octanol–water partition coefficient (Wildman–Crippen LogP) is -0.405. The lowest BCUT2D eigenvalue weighted by atomic mass is 10.2. The maximum atomic E-state index is 12.0. The third-order valence-corrected chi connectivity index (χ3v) is 4.18. The van der Waals surface area contributed by atoms with Crippen LogP contribution in [0.2, 0.25) is 0 Å². The third kappa shape index (κ3) is 2.51. The Kier molecular flexibility index (Phi) is 3.62. The predicted molar refractivity (Wildman–Crippen MR) is 74.3 cm³/mol. The Morgan fingerprint density at radius 3 is 3.25 bits per heavy atom. The van der Waals surface area contributed by atoms with Gasteiger partial charge in [-0.15, -0.1) is 0 Å². The molecule has 2 unspecified atom stereocenters. The monoisotopic (exact) mass is 279 g/mol. The summed E-state index contributed by atoms with van der Waals surface area (Å²) in [6.07, 6.45) is 4.03. The fraction of sp³-hybridized carbons (Fsp3) is 0.692. The molecule has 2 atom stereocenters. The zero-order valence-corrected chi connectivity index (χ0v) is 11.7. The molecule has 3 rings (SSSR count). The number of rotatable bonds is 3. The molecule has 20 heavy (non-hydrogen) atoms. The number of nitrogens with one attached hydrogen (secondary N) is 1. The molecule has 2 fully saturated rings. The molecule has 1 aromatic heterocycles. The lowest BCUT2D eigenvalue weighted by Crippen LogP contribution is -2.50. The molecule has 110 valence electrons. The van der Waals surface area contributed by atoms with Gasteiger partial charge in [-0.25, -0.2) is 0 Å². The van der Waals surface area contributed by atoms with E-state index in [2.05, 4.69) is 15.3 Å². The molecule has 0 aliphatic carbocycles. The van der Waals surface area contributed by atoms with E-state index in [1.807, 2.05) is 0 Å². The summed E-state index contributed by atoms with van der Waals surface area (Å²) >= 11 is 0. The van der Waals surface area contributed by atoms with E-state index in [4.69, 9.17) is 10.5 Å². The van der Waals surface area contributed by atoms with Crippen LogP contribution in [0.1, 0.15) is 23.2 Å². The van der Waals surface area contributed by atoms with Gasteiger partial charge < -0.3 is 15.8 Å². The van der Waals surface area contributed by atoms with Crippen molar-refractivity contribution in [1.29, 1.82) is 0 Å². The maximum Gasteiger partial charge on any atom is 0.256 e. The molecule has 2 aliphatic rings. The highest BCUT2D eigenvalue weighted by Gasteiger charge is 2.32. The van der Waals surface area contributed by atoms with E-state index in [0.717, 1.165) is 19.7 Å². The van der Waals surface area contributed by atoms with Gasteiger partial charge in [0.1, 0.15) is 11.4 Å². The number of ether oxygens (including phenoxy) is 1. The van der Waals surface area contributed by atoms with Crippen molar-refractivity contribution in [1.82, 2.24) is 20.0 Å². The van der Waals surface area contributed by atoms with Crippen molar-refractivity contribution in [3.8, 4) is 0 Å². The number of aryl methyl sites for hydroxylation is 1. The van der Waals surface area contributed by atoms with Crippen LogP contribution in [0.5, 0.6) is 0 Å². The number of amides is 1. The van der Waals surface area contributed by atoms with Gasteiger partial charge in [-0.3, -0.25) is 14.4 Å². The lowest BCUT2D eigenvalue weighted by molar-refractivity contribution is -0.0461. The van der Waals surface area contributed by atoms with Gasteiger partial charge in [0.25, 0.3) is 5.91 Å². The van der Waals surface area contributed by atoms with Crippen LogP contribution in [0.15, 0.2) is 6.20 Å². The van der Waals surface area contributed by atoms with Gasteiger partial charge in [-0.2, -0.15) is 5.10 Å². The highest BCUT2D eigenvalue weighted by Crippen LogP contribution is 2.22. The molecule has 0 bridgehead atoms. The number of carbonyl (C=O) groups excluding carboxylic acids is 1. The highest BCUT2D eigenvalue weighted by atomic mass is 16.5. The number of aromatic nitrogens is 2. The van der Waals surface area contributed by atoms with Crippen LogP contribution >= 0.6 is 0 Å². The number of anilines is 1. The van der Waals surface area contributed by atoms with Crippen LogP contribution in [-0.2, 0) is 11.8 Å². The molecule has 0 spiro atoms. The van der Waals surface area contributed by atoms with Crippen LogP contribution < -0.4 is 11.1 Å². The highest BCUT2D eigenvalue weighted by molar-refractivity contribution is 5.98. The summed E-state index contributed by atoms with van der Waals surface area (Å²) in [5, 5.41) is 6.85. The van der Waals surface area contributed by atoms with E-state index in [1.165, 1.54) is 23.7 Å². The maximum absolute atomic E-state index is 12.0. The van der Waals surface area contributed by atoms with E-state index in [1.54, 1.807) is 7.05 Å². The molecule has 3 heterocycles. The summed E-state index contributed by atoms with van der Waals surface area (Å²) in [5.74, 6) is 0.189. The molecular weight excluding hydrogens is 258 g/mol. The summed E-state index contributed by atoms with van der Waals surface area (Å²) in [6.45, 7) is 3.33. The fourth-order valence-electron chi connectivity index (χ4n) is 2.93. The molecule has 0 aromatic carbocycles. The minimum atomic E-state index is -0.192. The van der Waals surface area contributed by atoms with Gasteiger partial charge in [0.2, 0.25) is 0 Å². The first kappa shape index (κ1) is 13.4. The van der Waals surface area contributed by atoms with Gasteiger partial charge in [0.15, 0.2) is 0 Å². The van der Waals surface area contributed by atoms with Crippen molar-refractivity contribution in [2.24, 2.45) is 7.05 Å². The lowest BCUT2D eigenvalue weighted by Gasteiger charge is -2.35. The molecule has 2 aliphatic heterocycles. The van der Waals surface area contributed by atoms with Gasteiger partial charge in [0.05, 0.1) is 18.9 Å². The van der Waals surface area contributed by atoms with Gasteiger partial charge >= 0.3 is 0 Å². The number of morpholine rings is 1. The molecule has 1 aromatic rings. The van der Waals surface area contributed by atoms with Crippen molar-refractivity contribution in [3.05, 3.63) is 11.8 Å². The second-order valence-corrected chi connectivity index (χ2v) is 5.52. The summed E-state index contributed by atoms with van der Waals surface area (Å²) < 4.78 is 7.29. The van der Waals surface area contributed by atoms with E-state index >= 15 is 0 Å². The SMILES string of the molecule is Cn1ncc(C(=O)NCC2CN3CCCC3CO2)c1N. The molecule has 1 amide bonds. The number of nitrogen functional groups attached to an aromatic ring is 1. The number of hydrogen-bond acceptors (Lipinski definition) is 5. The van der Waals surface area contributed by atoms with Gasteiger partial charge in [-0.05, 0) is 19.4 Å². The quantitative estimate of drug-likeness (QED) is 0.786. The van der Waals surface area contributed by atoms with Crippen molar-refractivity contribution in [2.45, 2.75) is 25.0 Å².